The molecule has 4 rings (SSSR count). The Bertz CT molecular complexity index is 1080. The summed E-state index contributed by atoms with van der Waals surface area (Å²) in [5.41, 5.74) is 3.05. The predicted octanol–water partition coefficient (Wildman–Crippen LogP) is 4.31. The van der Waals surface area contributed by atoms with Crippen molar-refractivity contribution in [2.24, 2.45) is 7.05 Å². The molecule has 0 atom stereocenters. The topological polar surface area (TPSA) is 38.1 Å². The number of thiazole rings is 1. The molecule has 0 spiro atoms. The van der Waals surface area contributed by atoms with Crippen LogP contribution in [-0.4, -0.2) is 16.1 Å². The number of anilines is 2. The van der Waals surface area contributed by atoms with E-state index in [1.165, 1.54) is 0 Å². The molecule has 0 fully saturated rings. The second kappa shape index (κ2) is 5.76. The Morgan fingerprint density at radius 1 is 1.08 bits per heavy atom. The summed E-state index contributed by atoms with van der Waals surface area (Å²) in [6.07, 6.45) is 0. The van der Waals surface area contributed by atoms with Gasteiger partial charge in [0, 0.05) is 30.7 Å². The number of para-hydroxylation sites is 1. The lowest BCUT2D eigenvalue weighted by molar-refractivity contribution is 0.907. The molecule has 2 heterocycles. The minimum absolute atomic E-state index is 0.00561. The highest BCUT2D eigenvalue weighted by molar-refractivity contribution is 7.23. The van der Waals surface area contributed by atoms with Crippen LogP contribution in [-0.2, 0) is 7.05 Å². The Balaban J connectivity index is 1.94. The molecular formula is C19H17N3OS. The highest BCUT2D eigenvalue weighted by Gasteiger charge is 2.14. The minimum Gasteiger partial charge on any atom is -0.318 e. The fourth-order valence-corrected chi connectivity index (χ4v) is 4.15. The Hall–Kier alpha value is -2.66. The number of pyridine rings is 1. The molecule has 0 radical (unpaired) electrons. The van der Waals surface area contributed by atoms with Crippen molar-refractivity contribution in [2.75, 3.05) is 11.4 Å². The van der Waals surface area contributed by atoms with Crippen molar-refractivity contribution in [1.82, 2.24) is 9.55 Å². The van der Waals surface area contributed by atoms with Gasteiger partial charge in [0.05, 0.1) is 15.7 Å². The van der Waals surface area contributed by atoms with Gasteiger partial charge in [-0.25, -0.2) is 4.98 Å². The van der Waals surface area contributed by atoms with Crippen molar-refractivity contribution in [3.8, 4) is 0 Å². The number of hydrogen-bond donors (Lipinski definition) is 0. The third-order valence-corrected chi connectivity index (χ3v) is 5.39. The molecule has 0 saturated carbocycles. The summed E-state index contributed by atoms with van der Waals surface area (Å²) in [5, 5.41) is 2.04. The number of hydrogen-bond acceptors (Lipinski definition) is 4. The van der Waals surface area contributed by atoms with Crippen molar-refractivity contribution in [2.45, 2.75) is 6.92 Å². The summed E-state index contributed by atoms with van der Waals surface area (Å²) in [6, 6.07) is 17.8. The van der Waals surface area contributed by atoms with Gasteiger partial charge in [-0.05, 0) is 37.3 Å². The lowest BCUT2D eigenvalue weighted by atomic mass is 10.2. The zero-order valence-corrected chi connectivity index (χ0v) is 14.4. The minimum atomic E-state index is 0.00561. The molecule has 0 aliphatic rings. The van der Waals surface area contributed by atoms with Gasteiger partial charge in [0.15, 0.2) is 5.13 Å². The molecule has 0 bridgehead atoms. The monoisotopic (exact) mass is 335 g/mol. The van der Waals surface area contributed by atoms with Gasteiger partial charge in [-0.2, -0.15) is 0 Å². The smallest absolute Gasteiger partial charge is 0.250 e. The van der Waals surface area contributed by atoms with E-state index in [1.807, 2.05) is 36.4 Å². The van der Waals surface area contributed by atoms with Crippen LogP contribution in [0.4, 0.5) is 10.8 Å². The number of fused-ring (bicyclic) bond motifs is 3. The fourth-order valence-electron chi connectivity index (χ4n) is 2.98. The van der Waals surface area contributed by atoms with Crippen LogP contribution in [0, 0.1) is 0 Å². The van der Waals surface area contributed by atoms with Crippen molar-refractivity contribution < 1.29 is 0 Å². The molecule has 4 aromatic rings. The normalized spacial score (nSPS) is 11.2. The van der Waals surface area contributed by atoms with Gasteiger partial charge >= 0.3 is 0 Å². The summed E-state index contributed by atoms with van der Waals surface area (Å²) < 4.78 is 2.80. The summed E-state index contributed by atoms with van der Waals surface area (Å²) in [7, 11) is 1.81. The van der Waals surface area contributed by atoms with Crippen molar-refractivity contribution in [3.05, 3.63) is 65.0 Å². The molecule has 5 heteroatoms. The number of benzene rings is 2. The highest BCUT2D eigenvalue weighted by atomic mass is 32.1. The molecule has 120 valence electrons. The third kappa shape index (κ3) is 2.29. The van der Waals surface area contributed by atoms with E-state index < -0.39 is 0 Å². The van der Waals surface area contributed by atoms with Crippen LogP contribution in [0.2, 0.25) is 0 Å². The highest BCUT2D eigenvalue weighted by Crippen LogP contribution is 2.36. The molecule has 0 aliphatic carbocycles. The largest absolute Gasteiger partial charge is 0.318 e. The summed E-state index contributed by atoms with van der Waals surface area (Å²) in [6.45, 7) is 2.97. The lowest BCUT2D eigenvalue weighted by Gasteiger charge is -2.19. The average Bonchev–Trinajstić information content (AvgIpc) is 3.03. The number of nitrogens with zero attached hydrogens (tertiary/aromatic N) is 3. The van der Waals surface area contributed by atoms with Gasteiger partial charge in [-0.3, -0.25) is 4.79 Å². The van der Waals surface area contributed by atoms with Crippen molar-refractivity contribution in [1.29, 1.82) is 0 Å². The molecule has 0 unspecified atom stereocenters. The molecule has 24 heavy (non-hydrogen) atoms. The fraction of sp³-hybridized carbons (Fsp3) is 0.158. The molecule has 0 aliphatic heterocycles. The van der Waals surface area contributed by atoms with Crippen LogP contribution in [0.15, 0.2) is 59.4 Å². The first-order valence-corrected chi connectivity index (χ1v) is 8.72. The quantitative estimate of drug-likeness (QED) is 0.560. The van der Waals surface area contributed by atoms with Gasteiger partial charge in [0.25, 0.3) is 5.56 Å². The lowest BCUT2D eigenvalue weighted by Crippen LogP contribution is -2.15. The van der Waals surface area contributed by atoms with E-state index in [0.717, 1.165) is 38.5 Å². The molecule has 2 aromatic carbocycles. The SMILES string of the molecule is CCN(c1ccccc1)c1nc2ccc3c(ccc(=O)n3C)c2s1. The van der Waals surface area contributed by atoms with E-state index in [4.69, 9.17) is 4.98 Å². The first-order chi connectivity index (χ1) is 11.7. The third-order valence-electron chi connectivity index (χ3n) is 4.26. The van der Waals surface area contributed by atoms with Crippen molar-refractivity contribution >= 4 is 43.3 Å². The summed E-state index contributed by atoms with van der Waals surface area (Å²) >= 11 is 1.67. The summed E-state index contributed by atoms with van der Waals surface area (Å²) in [5.74, 6) is 0. The Kier molecular flexibility index (Phi) is 3.58. The maximum atomic E-state index is 11.9. The average molecular weight is 335 g/mol. The first kappa shape index (κ1) is 14.9. The van der Waals surface area contributed by atoms with Gasteiger partial charge in [-0.1, -0.05) is 29.5 Å². The molecule has 2 aromatic heterocycles. The molecular weight excluding hydrogens is 318 g/mol. The van der Waals surface area contributed by atoms with Gasteiger partial charge in [-0.15, -0.1) is 0 Å². The van der Waals surface area contributed by atoms with Crippen LogP contribution in [0.5, 0.6) is 0 Å². The number of rotatable bonds is 3. The van der Waals surface area contributed by atoms with Crippen LogP contribution in [0.3, 0.4) is 0 Å². The summed E-state index contributed by atoms with van der Waals surface area (Å²) in [4.78, 5) is 18.9. The van der Waals surface area contributed by atoms with Crippen LogP contribution >= 0.6 is 11.3 Å². The Morgan fingerprint density at radius 3 is 2.62 bits per heavy atom. The van der Waals surface area contributed by atoms with Crippen LogP contribution in [0.1, 0.15) is 6.92 Å². The Labute approximate surface area is 143 Å². The maximum absolute atomic E-state index is 11.9. The second-order valence-electron chi connectivity index (χ2n) is 5.65. The zero-order chi connectivity index (χ0) is 16.7. The van der Waals surface area contributed by atoms with Gasteiger partial charge < -0.3 is 9.47 Å². The van der Waals surface area contributed by atoms with Crippen molar-refractivity contribution in [3.63, 3.8) is 0 Å². The Morgan fingerprint density at radius 2 is 1.88 bits per heavy atom. The van der Waals surface area contributed by atoms with E-state index in [1.54, 1.807) is 29.0 Å². The molecule has 0 saturated heterocycles. The van der Waals surface area contributed by atoms with E-state index in [2.05, 4.69) is 24.0 Å². The van der Waals surface area contributed by atoms with E-state index in [0.29, 0.717) is 0 Å². The van der Waals surface area contributed by atoms with E-state index in [-0.39, 0.29) is 5.56 Å². The number of aromatic nitrogens is 2. The van der Waals surface area contributed by atoms with E-state index in [9.17, 15) is 4.79 Å². The standard InChI is InChI=1S/C19H17N3OS/c1-3-22(13-7-5-4-6-8-13)19-20-15-10-11-16-14(18(15)24-19)9-12-17(23)21(16)2/h4-12H,3H2,1-2H3. The first-order valence-electron chi connectivity index (χ1n) is 7.91. The zero-order valence-electron chi connectivity index (χ0n) is 13.6. The predicted molar refractivity (Wildman–Crippen MR) is 101 cm³/mol. The van der Waals surface area contributed by atoms with E-state index >= 15 is 0 Å². The van der Waals surface area contributed by atoms with Crippen LogP contribution in [0.25, 0.3) is 21.1 Å². The number of aryl methyl sites for hydroxylation is 1. The van der Waals surface area contributed by atoms with Gasteiger partial charge in [0.2, 0.25) is 0 Å². The molecule has 4 nitrogen and oxygen atoms in total. The van der Waals surface area contributed by atoms with Crippen LogP contribution < -0.4 is 10.5 Å². The molecule has 0 N–H and O–H groups in total. The maximum Gasteiger partial charge on any atom is 0.250 e. The molecule has 0 amide bonds. The second-order valence-corrected chi connectivity index (χ2v) is 6.63. The van der Waals surface area contributed by atoms with Gasteiger partial charge in [0.1, 0.15) is 0 Å².